The molecule has 0 aliphatic heterocycles. The van der Waals surface area contributed by atoms with Gasteiger partial charge in [-0.3, -0.25) is 0 Å². The van der Waals surface area contributed by atoms with Crippen LogP contribution in [0.1, 0.15) is 16.7 Å². The average Bonchev–Trinajstić information content (AvgIpc) is 2.81. The molecule has 0 saturated heterocycles. The Balaban J connectivity index is 2.22. The molecule has 1 aromatic heterocycles. The highest BCUT2D eigenvalue weighted by Gasteiger charge is 2.12. The Morgan fingerprint density at radius 3 is 2.44 bits per heavy atom. The minimum absolute atomic E-state index is 0.615. The molecule has 0 bridgehead atoms. The fraction of sp³-hybridized carbons (Fsp3) is 0.250. The second-order valence-corrected chi connectivity index (χ2v) is 4.68. The zero-order valence-corrected chi connectivity index (χ0v) is 10.1. The normalized spacial score (nSPS) is 12.4. The summed E-state index contributed by atoms with van der Waals surface area (Å²) >= 11 is 1.46. The summed E-state index contributed by atoms with van der Waals surface area (Å²) in [5.41, 5.74) is 2.00. The van der Waals surface area contributed by atoms with Crippen LogP contribution < -0.4 is 4.90 Å². The van der Waals surface area contributed by atoms with Crippen molar-refractivity contribution in [2.45, 2.75) is 6.10 Å². The molecule has 84 valence electrons. The van der Waals surface area contributed by atoms with E-state index in [9.17, 15) is 5.11 Å². The van der Waals surface area contributed by atoms with Gasteiger partial charge in [-0.15, -0.1) is 11.3 Å². The maximum absolute atomic E-state index is 10.0. The number of benzene rings is 1. The van der Waals surface area contributed by atoms with Gasteiger partial charge in [0.15, 0.2) is 0 Å². The molecule has 0 aliphatic rings. The zero-order valence-electron chi connectivity index (χ0n) is 9.29. The number of aliphatic hydroxyl groups is 1. The van der Waals surface area contributed by atoms with Crippen molar-refractivity contribution in [3.63, 3.8) is 0 Å². The molecule has 0 spiro atoms. The fourth-order valence-electron chi connectivity index (χ4n) is 1.47. The highest BCUT2D eigenvalue weighted by molar-refractivity contribution is 7.09. The van der Waals surface area contributed by atoms with Crippen LogP contribution in [0.5, 0.6) is 0 Å². The van der Waals surface area contributed by atoms with E-state index in [0.29, 0.717) is 0 Å². The van der Waals surface area contributed by atoms with E-state index >= 15 is 0 Å². The Morgan fingerprint density at radius 2 is 1.94 bits per heavy atom. The third-order valence-corrected chi connectivity index (χ3v) is 3.24. The summed E-state index contributed by atoms with van der Waals surface area (Å²) in [6, 6.07) is 7.85. The molecule has 1 unspecified atom stereocenters. The molecule has 0 aliphatic carbocycles. The molecule has 16 heavy (non-hydrogen) atoms. The minimum atomic E-state index is -0.615. The molecule has 0 radical (unpaired) electrons. The number of anilines is 1. The van der Waals surface area contributed by atoms with Gasteiger partial charge in [0, 0.05) is 31.4 Å². The van der Waals surface area contributed by atoms with E-state index in [1.54, 1.807) is 6.20 Å². The number of thiazole rings is 1. The summed E-state index contributed by atoms with van der Waals surface area (Å²) in [6.45, 7) is 0. The van der Waals surface area contributed by atoms with E-state index in [1.807, 2.05) is 48.6 Å². The minimum Gasteiger partial charge on any atom is -0.381 e. The summed E-state index contributed by atoms with van der Waals surface area (Å²) < 4.78 is 0. The molecule has 3 nitrogen and oxygen atoms in total. The molecule has 1 N–H and O–H groups in total. The van der Waals surface area contributed by atoms with Crippen molar-refractivity contribution in [2.24, 2.45) is 0 Å². The van der Waals surface area contributed by atoms with Crippen LogP contribution in [-0.2, 0) is 0 Å². The summed E-state index contributed by atoms with van der Waals surface area (Å²) in [5, 5.41) is 12.6. The standard InChI is InChI=1S/C12H14N2OS/c1-14(2)10-5-3-9(4-6-10)11(15)12-13-7-8-16-12/h3-8,11,15H,1-2H3. The molecule has 2 aromatic rings. The van der Waals surface area contributed by atoms with Crippen molar-refractivity contribution in [3.8, 4) is 0 Å². The largest absolute Gasteiger partial charge is 0.381 e. The van der Waals surface area contributed by atoms with E-state index in [-0.39, 0.29) is 0 Å². The van der Waals surface area contributed by atoms with Crippen LogP contribution in [0.4, 0.5) is 5.69 Å². The second kappa shape index (κ2) is 4.63. The van der Waals surface area contributed by atoms with E-state index < -0.39 is 6.10 Å². The van der Waals surface area contributed by atoms with Crippen LogP contribution in [0, 0.1) is 0 Å². The Hall–Kier alpha value is -1.39. The van der Waals surface area contributed by atoms with Gasteiger partial charge in [-0.25, -0.2) is 4.98 Å². The highest BCUT2D eigenvalue weighted by Crippen LogP contribution is 2.24. The van der Waals surface area contributed by atoms with Crippen molar-refractivity contribution >= 4 is 17.0 Å². The summed E-state index contributed by atoms with van der Waals surface area (Å²) in [6.07, 6.45) is 1.09. The Morgan fingerprint density at radius 1 is 1.25 bits per heavy atom. The first-order chi connectivity index (χ1) is 7.68. The van der Waals surface area contributed by atoms with Crippen LogP contribution in [0.3, 0.4) is 0 Å². The number of aromatic nitrogens is 1. The van der Waals surface area contributed by atoms with Crippen molar-refractivity contribution in [3.05, 3.63) is 46.4 Å². The molecular weight excluding hydrogens is 220 g/mol. The molecule has 2 rings (SSSR count). The van der Waals surface area contributed by atoms with Gasteiger partial charge < -0.3 is 10.0 Å². The van der Waals surface area contributed by atoms with Gasteiger partial charge in [-0.2, -0.15) is 0 Å². The Bertz CT molecular complexity index is 437. The van der Waals surface area contributed by atoms with Crippen LogP contribution in [-0.4, -0.2) is 24.2 Å². The Labute approximate surface area is 99.0 Å². The summed E-state index contributed by atoms with van der Waals surface area (Å²) in [5.74, 6) is 0. The molecule has 1 aromatic carbocycles. The third kappa shape index (κ3) is 2.23. The highest BCUT2D eigenvalue weighted by atomic mass is 32.1. The number of rotatable bonds is 3. The van der Waals surface area contributed by atoms with Gasteiger partial charge in [-0.1, -0.05) is 12.1 Å². The molecule has 4 heteroatoms. The van der Waals surface area contributed by atoms with Crippen LogP contribution >= 0.6 is 11.3 Å². The van der Waals surface area contributed by atoms with Crippen molar-refractivity contribution < 1.29 is 5.11 Å². The van der Waals surface area contributed by atoms with Crippen LogP contribution in [0.15, 0.2) is 35.8 Å². The van der Waals surface area contributed by atoms with Crippen molar-refractivity contribution in [2.75, 3.05) is 19.0 Å². The van der Waals surface area contributed by atoms with E-state index in [4.69, 9.17) is 0 Å². The third-order valence-electron chi connectivity index (χ3n) is 2.41. The smallest absolute Gasteiger partial charge is 0.131 e. The van der Waals surface area contributed by atoms with Crippen molar-refractivity contribution in [1.82, 2.24) is 4.98 Å². The van der Waals surface area contributed by atoms with Gasteiger partial charge in [0.1, 0.15) is 11.1 Å². The van der Waals surface area contributed by atoms with E-state index in [1.165, 1.54) is 11.3 Å². The van der Waals surface area contributed by atoms with Gasteiger partial charge in [0.25, 0.3) is 0 Å². The molecular formula is C12H14N2OS. The lowest BCUT2D eigenvalue weighted by molar-refractivity contribution is 0.220. The predicted octanol–water partition coefficient (Wildman–Crippen LogP) is 2.29. The second-order valence-electron chi connectivity index (χ2n) is 3.76. The van der Waals surface area contributed by atoms with E-state index in [0.717, 1.165) is 16.3 Å². The summed E-state index contributed by atoms with van der Waals surface area (Å²) in [4.78, 5) is 6.14. The van der Waals surface area contributed by atoms with Gasteiger partial charge in [0.2, 0.25) is 0 Å². The number of hydrogen-bond acceptors (Lipinski definition) is 4. The monoisotopic (exact) mass is 234 g/mol. The molecule has 0 saturated carbocycles. The average molecular weight is 234 g/mol. The molecule has 0 amide bonds. The Kier molecular flexibility index (Phi) is 3.22. The first-order valence-electron chi connectivity index (χ1n) is 5.03. The van der Waals surface area contributed by atoms with Crippen molar-refractivity contribution in [1.29, 1.82) is 0 Å². The number of nitrogens with zero attached hydrogens (tertiary/aromatic N) is 2. The van der Waals surface area contributed by atoms with Gasteiger partial charge in [0.05, 0.1) is 0 Å². The number of aliphatic hydroxyl groups excluding tert-OH is 1. The molecule has 0 fully saturated rings. The summed E-state index contributed by atoms with van der Waals surface area (Å²) in [7, 11) is 3.98. The molecule has 1 heterocycles. The number of hydrogen-bond donors (Lipinski definition) is 1. The first kappa shape index (κ1) is 11.1. The lowest BCUT2D eigenvalue weighted by Crippen LogP contribution is -2.08. The van der Waals surface area contributed by atoms with Gasteiger partial charge >= 0.3 is 0 Å². The predicted molar refractivity (Wildman–Crippen MR) is 66.9 cm³/mol. The maximum Gasteiger partial charge on any atom is 0.131 e. The maximum atomic E-state index is 10.0. The van der Waals surface area contributed by atoms with Crippen LogP contribution in [0.2, 0.25) is 0 Å². The fourth-order valence-corrected chi connectivity index (χ4v) is 2.11. The quantitative estimate of drug-likeness (QED) is 0.885. The van der Waals surface area contributed by atoms with E-state index in [2.05, 4.69) is 4.98 Å². The molecule has 1 atom stereocenters. The topological polar surface area (TPSA) is 36.4 Å². The van der Waals surface area contributed by atoms with Gasteiger partial charge in [-0.05, 0) is 17.7 Å². The SMILES string of the molecule is CN(C)c1ccc(C(O)c2nccs2)cc1. The lowest BCUT2D eigenvalue weighted by Gasteiger charge is -2.14. The van der Waals surface area contributed by atoms with Crippen LogP contribution in [0.25, 0.3) is 0 Å². The first-order valence-corrected chi connectivity index (χ1v) is 5.91. The zero-order chi connectivity index (χ0) is 11.5. The lowest BCUT2D eigenvalue weighted by atomic mass is 10.1.